The lowest BCUT2D eigenvalue weighted by molar-refractivity contribution is -0.116. The van der Waals surface area contributed by atoms with Gasteiger partial charge in [0.25, 0.3) is 0 Å². The highest BCUT2D eigenvalue weighted by Crippen LogP contribution is 2.30. The summed E-state index contributed by atoms with van der Waals surface area (Å²) in [5, 5.41) is 2.93. The number of benzene rings is 3. The average Bonchev–Trinajstić information content (AvgIpc) is 2.72. The minimum absolute atomic E-state index is 0.0215. The van der Waals surface area contributed by atoms with Crippen molar-refractivity contribution in [2.24, 2.45) is 0 Å². The molecule has 1 N–H and O–H groups in total. The predicted molar refractivity (Wildman–Crippen MR) is 118 cm³/mol. The summed E-state index contributed by atoms with van der Waals surface area (Å²) in [6.45, 7) is -0.426. The van der Waals surface area contributed by atoms with Crippen LogP contribution in [0.25, 0.3) is 0 Å². The van der Waals surface area contributed by atoms with Crippen LogP contribution in [0.2, 0.25) is 10.0 Å². The topological polar surface area (TPSA) is 75.7 Å². The van der Waals surface area contributed by atoms with Crippen molar-refractivity contribution in [3.63, 3.8) is 0 Å². The van der Waals surface area contributed by atoms with Crippen molar-refractivity contribution in [3.05, 3.63) is 82.8 Å². The molecular formula is C21H18Cl2N2O4S. The van der Waals surface area contributed by atoms with E-state index in [0.29, 0.717) is 17.2 Å². The molecule has 0 aliphatic heterocycles. The summed E-state index contributed by atoms with van der Waals surface area (Å²) < 4.78 is 32.3. The number of nitrogens with zero attached hydrogens (tertiary/aromatic N) is 1. The fourth-order valence-electron chi connectivity index (χ4n) is 2.59. The molecule has 9 heteroatoms. The van der Waals surface area contributed by atoms with Gasteiger partial charge in [-0.2, -0.15) is 4.31 Å². The van der Waals surface area contributed by atoms with Gasteiger partial charge in [0, 0.05) is 12.1 Å². The Morgan fingerprint density at radius 2 is 1.67 bits per heavy atom. The van der Waals surface area contributed by atoms with Crippen LogP contribution in [-0.2, 0) is 14.8 Å². The van der Waals surface area contributed by atoms with E-state index in [4.69, 9.17) is 27.9 Å². The molecule has 156 valence electrons. The Balaban J connectivity index is 1.74. The van der Waals surface area contributed by atoms with Crippen LogP contribution in [0, 0.1) is 0 Å². The lowest BCUT2D eigenvalue weighted by atomic mass is 10.3. The number of amides is 1. The molecule has 3 rings (SSSR count). The van der Waals surface area contributed by atoms with Gasteiger partial charge in [-0.1, -0.05) is 53.5 Å². The highest BCUT2D eigenvalue weighted by molar-refractivity contribution is 7.89. The van der Waals surface area contributed by atoms with E-state index in [1.807, 2.05) is 18.2 Å². The first-order valence-corrected chi connectivity index (χ1v) is 11.0. The molecule has 0 radical (unpaired) electrons. The molecule has 0 unspecified atom stereocenters. The summed E-state index contributed by atoms with van der Waals surface area (Å²) >= 11 is 11.9. The van der Waals surface area contributed by atoms with Gasteiger partial charge in [-0.25, -0.2) is 8.42 Å². The number of para-hydroxylation sites is 3. The molecule has 30 heavy (non-hydrogen) atoms. The van der Waals surface area contributed by atoms with E-state index in [-0.39, 0.29) is 14.9 Å². The second-order valence-electron chi connectivity index (χ2n) is 6.30. The quantitative estimate of drug-likeness (QED) is 0.530. The monoisotopic (exact) mass is 464 g/mol. The minimum atomic E-state index is -4.01. The second kappa shape index (κ2) is 9.49. The molecule has 0 saturated heterocycles. The van der Waals surface area contributed by atoms with Crippen LogP contribution >= 0.6 is 23.2 Å². The summed E-state index contributed by atoms with van der Waals surface area (Å²) in [5.74, 6) is 0.498. The lowest BCUT2D eigenvalue weighted by Gasteiger charge is -2.18. The number of hydrogen-bond donors (Lipinski definition) is 1. The zero-order valence-electron chi connectivity index (χ0n) is 15.9. The number of halogens is 2. The number of rotatable bonds is 7. The molecule has 0 aliphatic carbocycles. The third-order valence-corrected chi connectivity index (χ3v) is 6.60. The number of carbonyl (C=O) groups is 1. The van der Waals surface area contributed by atoms with E-state index < -0.39 is 22.5 Å². The first kappa shape index (κ1) is 22.1. The van der Waals surface area contributed by atoms with Crippen LogP contribution in [0.15, 0.2) is 77.7 Å². The lowest BCUT2D eigenvalue weighted by Crippen LogP contribution is -2.35. The molecule has 0 atom stereocenters. The van der Waals surface area contributed by atoms with Crippen molar-refractivity contribution in [2.45, 2.75) is 4.90 Å². The summed E-state index contributed by atoms with van der Waals surface area (Å²) in [6.07, 6.45) is 0. The zero-order valence-corrected chi connectivity index (χ0v) is 18.2. The molecule has 0 fully saturated rings. The molecule has 3 aromatic rings. The molecule has 0 aromatic heterocycles. The summed E-state index contributed by atoms with van der Waals surface area (Å²) in [6, 6.07) is 20.1. The van der Waals surface area contributed by atoms with Crippen molar-refractivity contribution in [2.75, 3.05) is 18.9 Å². The minimum Gasteiger partial charge on any atom is -0.455 e. The van der Waals surface area contributed by atoms with Crippen LogP contribution in [0.5, 0.6) is 11.5 Å². The largest absolute Gasteiger partial charge is 0.455 e. The van der Waals surface area contributed by atoms with Crippen molar-refractivity contribution in [3.8, 4) is 11.5 Å². The van der Waals surface area contributed by atoms with Crippen LogP contribution in [0.3, 0.4) is 0 Å². The Morgan fingerprint density at radius 3 is 2.40 bits per heavy atom. The van der Waals surface area contributed by atoms with Crippen molar-refractivity contribution < 1.29 is 17.9 Å². The van der Waals surface area contributed by atoms with Gasteiger partial charge < -0.3 is 10.1 Å². The highest BCUT2D eigenvalue weighted by Gasteiger charge is 2.26. The molecule has 0 aliphatic rings. The van der Waals surface area contributed by atoms with Crippen molar-refractivity contribution in [1.29, 1.82) is 0 Å². The van der Waals surface area contributed by atoms with E-state index >= 15 is 0 Å². The van der Waals surface area contributed by atoms with Gasteiger partial charge in [0.2, 0.25) is 15.9 Å². The number of nitrogens with one attached hydrogen (secondary N) is 1. The third kappa shape index (κ3) is 5.31. The van der Waals surface area contributed by atoms with E-state index in [0.717, 1.165) is 4.31 Å². The first-order valence-electron chi connectivity index (χ1n) is 8.80. The summed E-state index contributed by atoms with van der Waals surface area (Å²) in [4.78, 5) is 12.4. The van der Waals surface area contributed by atoms with Gasteiger partial charge in [0.15, 0.2) is 5.75 Å². The highest BCUT2D eigenvalue weighted by atomic mass is 35.5. The maximum Gasteiger partial charge on any atom is 0.244 e. The van der Waals surface area contributed by atoms with Crippen LogP contribution in [0.1, 0.15) is 0 Å². The average molecular weight is 465 g/mol. The molecule has 1 amide bonds. The molecule has 6 nitrogen and oxygen atoms in total. The maximum absolute atomic E-state index is 12.8. The smallest absolute Gasteiger partial charge is 0.244 e. The van der Waals surface area contributed by atoms with Gasteiger partial charge in [-0.3, -0.25) is 4.79 Å². The number of anilines is 1. The van der Waals surface area contributed by atoms with Crippen LogP contribution in [-0.4, -0.2) is 32.2 Å². The number of hydrogen-bond acceptors (Lipinski definition) is 4. The predicted octanol–water partition coefficient (Wildman–Crippen LogP) is 5.04. The van der Waals surface area contributed by atoms with Gasteiger partial charge >= 0.3 is 0 Å². The third-order valence-electron chi connectivity index (χ3n) is 4.08. The second-order valence-corrected chi connectivity index (χ2v) is 9.15. The fraction of sp³-hybridized carbons (Fsp3) is 0.0952. The first-order chi connectivity index (χ1) is 14.3. The van der Waals surface area contributed by atoms with E-state index in [9.17, 15) is 13.2 Å². The number of sulfonamides is 1. The molecule has 0 saturated carbocycles. The van der Waals surface area contributed by atoms with Gasteiger partial charge in [0.05, 0.1) is 17.3 Å². The Hall–Kier alpha value is -2.58. The van der Waals surface area contributed by atoms with Crippen molar-refractivity contribution in [1.82, 2.24) is 4.31 Å². The Labute approximate surface area is 185 Å². The van der Waals surface area contributed by atoms with Crippen LogP contribution < -0.4 is 10.1 Å². The molecule has 0 heterocycles. The molecule has 0 bridgehead atoms. The standard InChI is InChI=1S/C21H18Cl2N2O4S/c1-25(30(27,28)20-13-15(22)11-12-17(20)23)14-21(26)24-18-9-5-6-10-19(18)29-16-7-3-2-4-8-16/h2-13H,14H2,1H3,(H,24,26). The van der Waals surface area contributed by atoms with E-state index in [1.54, 1.807) is 36.4 Å². The molecule has 3 aromatic carbocycles. The Bertz CT molecular complexity index is 1150. The summed E-state index contributed by atoms with van der Waals surface area (Å²) in [7, 11) is -2.72. The number of ether oxygens (including phenoxy) is 1. The molecular weight excluding hydrogens is 447 g/mol. The fourth-order valence-corrected chi connectivity index (χ4v) is 4.45. The zero-order chi connectivity index (χ0) is 21.7. The summed E-state index contributed by atoms with van der Waals surface area (Å²) in [5.41, 5.74) is 0.415. The Morgan fingerprint density at radius 1 is 1.00 bits per heavy atom. The number of carbonyl (C=O) groups excluding carboxylic acids is 1. The molecule has 0 spiro atoms. The van der Waals surface area contributed by atoms with E-state index in [2.05, 4.69) is 5.32 Å². The van der Waals surface area contributed by atoms with Gasteiger partial charge in [0.1, 0.15) is 10.6 Å². The van der Waals surface area contributed by atoms with Crippen molar-refractivity contribution >= 4 is 44.8 Å². The Kier molecular flexibility index (Phi) is 6.99. The van der Waals surface area contributed by atoms with Crippen LogP contribution in [0.4, 0.5) is 5.69 Å². The van der Waals surface area contributed by atoms with Gasteiger partial charge in [-0.05, 0) is 42.5 Å². The normalized spacial score (nSPS) is 11.3. The van der Waals surface area contributed by atoms with E-state index in [1.165, 1.54) is 25.2 Å². The number of likely N-dealkylation sites (N-methyl/N-ethyl adjacent to an activating group) is 1. The maximum atomic E-state index is 12.8. The SMILES string of the molecule is CN(CC(=O)Nc1ccccc1Oc1ccccc1)S(=O)(=O)c1cc(Cl)ccc1Cl. The van der Waals surface area contributed by atoms with Gasteiger partial charge in [-0.15, -0.1) is 0 Å².